The minimum atomic E-state index is 0.338. The minimum Gasteiger partial charge on any atom is -0.295 e. The number of rotatable bonds is 0. The summed E-state index contributed by atoms with van der Waals surface area (Å²) in [7, 11) is 0. The first-order valence-corrected chi connectivity index (χ1v) is 4.26. The molecule has 56 valence electrons. The Labute approximate surface area is 65.8 Å². The quantitative estimate of drug-likeness (QED) is 0.474. The van der Waals surface area contributed by atoms with Crippen molar-refractivity contribution >= 4 is 5.78 Å². The second-order valence-electron chi connectivity index (χ2n) is 3.81. The number of carbonyl (C=O) groups is 1. The Morgan fingerprint density at radius 2 is 2.00 bits per heavy atom. The van der Waals surface area contributed by atoms with Gasteiger partial charge in [-0.15, -0.1) is 0 Å². The number of hydrogen-bond donors (Lipinski definition) is 0. The fourth-order valence-corrected chi connectivity index (χ4v) is 2.84. The van der Waals surface area contributed by atoms with Crippen LogP contribution in [0.25, 0.3) is 0 Å². The largest absolute Gasteiger partial charge is 0.295 e. The van der Waals surface area contributed by atoms with Crippen molar-refractivity contribution in [1.29, 1.82) is 0 Å². The normalized spacial score (nSPS) is 50.7. The average Bonchev–Trinajstić information content (AvgIpc) is 2.60. The molecule has 0 spiro atoms. The molecule has 3 aliphatic rings. The molecule has 1 saturated carbocycles. The zero-order chi connectivity index (χ0) is 7.42. The van der Waals surface area contributed by atoms with Gasteiger partial charge in [0.1, 0.15) is 0 Å². The monoisotopic (exact) mass is 146 g/mol. The van der Waals surface area contributed by atoms with E-state index in [4.69, 9.17) is 0 Å². The summed E-state index contributed by atoms with van der Waals surface area (Å²) >= 11 is 0. The summed E-state index contributed by atoms with van der Waals surface area (Å²) < 4.78 is 0. The molecule has 3 aliphatic carbocycles. The maximum absolute atomic E-state index is 11.3. The molecule has 0 N–H and O–H groups in total. The van der Waals surface area contributed by atoms with Crippen LogP contribution in [0.2, 0.25) is 0 Å². The first kappa shape index (κ1) is 5.76. The molecule has 3 rings (SSSR count). The Hall–Kier alpha value is -0.850. The Morgan fingerprint density at radius 1 is 1.18 bits per heavy atom. The predicted octanol–water partition coefficient (Wildman–Crippen LogP) is 1.56. The van der Waals surface area contributed by atoms with Crippen LogP contribution < -0.4 is 0 Å². The van der Waals surface area contributed by atoms with Crippen molar-refractivity contribution < 1.29 is 4.79 Å². The van der Waals surface area contributed by atoms with Gasteiger partial charge in [-0.05, 0) is 30.3 Å². The van der Waals surface area contributed by atoms with Gasteiger partial charge in [-0.2, -0.15) is 0 Å². The lowest BCUT2D eigenvalue weighted by atomic mass is 9.85. The molecule has 0 aromatic rings. The molecule has 0 aromatic carbocycles. The topological polar surface area (TPSA) is 17.1 Å². The summed E-state index contributed by atoms with van der Waals surface area (Å²) in [6.07, 6.45) is 9.64. The SMILES string of the molecule is O=C1C=C[C@@H]2[C@H]1C1C=C[C@H]2C1. The number of fused-ring (bicyclic) bond motifs is 5. The molecular formula is C10H10O. The van der Waals surface area contributed by atoms with E-state index < -0.39 is 0 Å². The van der Waals surface area contributed by atoms with Crippen molar-refractivity contribution in [3.8, 4) is 0 Å². The molecule has 1 unspecified atom stereocenters. The van der Waals surface area contributed by atoms with E-state index in [0.717, 1.165) is 0 Å². The zero-order valence-electron chi connectivity index (χ0n) is 6.23. The highest BCUT2D eigenvalue weighted by Gasteiger charge is 2.48. The summed E-state index contributed by atoms with van der Waals surface area (Å²) in [5.41, 5.74) is 0. The van der Waals surface area contributed by atoms with Crippen LogP contribution in [0.15, 0.2) is 24.3 Å². The number of carbonyl (C=O) groups excluding carboxylic acids is 1. The molecule has 4 atom stereocenters. The number of hydrogen-bond acceptors (Lipinski definition) is 1. The van der Waals surface area contributed by atoms with Gasteiger partial charge in [-0.3, -0.25) is 4.79 Å². The van der Waals surface area contributed by atoms with Gasteiger partial charge in [0, 0.05) is 5.92 Å². The summed E-state index contributed by atoms with van der Waals surface area (Å²) in [5.74, 6) is 2.54. The van der Waals surface area contributed by atoms with Crippen molar-refractivity contribution in [1.82, 2.24) is 0 Å². The lowest BCUT2D eigenvalue weighted by Crippen LogP contribution is -2.19. The van der Waals surface area contributed by atoms with Crippen molar-refractivity contribution in [2.75, 3.05) is 0 Å². The molecule has 0 saturated heterocycles. The Morgan fingerprint density at radius 3 is 2.82 bits per heavy atom. The Balaban J connectivity index is 2.08. The third-order valence-corrected chi connectivity index (χ3v) is 3.33. The molecule has 1 heteroatoms. The molecular weight excluding hydrogens is 136 g/mol. The van der Waals surface area contributed by atoms with Crippen LogP contribution in [-0.2, 0) is 4.79 Å². The van der Waals surface area contributed by atoms with Crippen LogP contribution in [0, 0.1) is 23.7 Å². The molecule has 0 aromatic heterocycles. The number of ketones is 1. The van der Waals surface area contributed by atoms with Crippen LogP contribution in [-0.4, -0.2) is 5.78 Å². The van der Waals surface area contributed by atoms with Gasteiger partial charge in [0.2, 0.25) is 0 Å². The van der Waals surface area contributed by atoms with E-state index in [2.05, 4.69) is 18.2 Å². The smallest absolute Gasteiger partial charge is 0.159 e. The van der Waals surface area contributed by atoms with Crippen molar-refractivity contribution in [3.63, 3.8) is 0 Å². The van der Waals surface area contributed by atoms with E-state index in [-0.39, 0.29) is 0 Å². The fraction of sp³-hybridized carbons (Fsp3) is 0.500. The summed E-state index contributed by atoms with van der Waals surface area (Å²) in [4.78, 5) is 11.3. The average molecular weight is 146 g/mol. The van der Waals surface area contributed by atoms with E-state index in [1.807, 2.05) is 0 Å². The molecule has 2 bridgehead atoms. The third kappa shape index (κ3) is 0.550. The maximum atomic E-state index is 11.3. The molecule has 0 aliphatic heterocycles. The van der Waals surface area contributed by atoms with Gasteiger partial charge in [0.15, 0.2) is 5.78 Å². The minimum absolute atomic E-state index is 0.338. The summed E-state index contributed by atoms with van der Waals surface area (Å²) in [6, 6.07) is 0. The zero-order valence-corrected chi connectivity index (χ0v) is 6.23. The van der Waals surface area contributed by atoms with E-state index in [0.29, 0.717) is 29.5 Å². The number of allylic oxidation sites excluding steroid dienone is 4. The first-order chi connectivity index (χ1) is 5.36. The fourth-order valence-electron chi connectivity index (χ4n) is 2.84. The Kier molecular flexibility index (Phi) is 0.867. The van der Waals surface area contributed by atoms with Crippen LogP contribution in [0.1, 0.15) is 6.42 Å². The van der Waals surface area contributed by atoms with Gasteiger partial charge in [-0.25, -0.2) is 0 Å². The first-order valence-electron chi connectivity index (χ1n) is 4.26. The molecule has 1 fully saturated rings. The highest BCUT2D eigenvalue weighted by Crippen LogP contribution is 2.51. The van der Waals surface area contributed by atoms with Gasteiger partial charge in [0.25, 0.3) is 0 Å². The summed E-state index contributed by atoms with van der Waals surface area (Å²) in [5, 5.41) is 0. The van der Waals surface area contributed by atoms with Crippen molar-refractivity contribution in [2.24, 2.45) is 23.7 Å². The molecule has 1 nitrogen and oxygen atoms in total. The molecule has 0 radical (unpaired) electrons. The lowest BCUT2D eigenvalue weighted by molar-refractivity contribution is -0.118. The second kappa shape index (κ2) is 1.66. The molecule has 0 amide bonds. The van der Waals surface area contributed by atoms with E-state index in [9.17, 15) is 4.79 Å². The van der Waals surface area contributed by atoms with Crippen LogP contribution in [0.3, 0.4) is 0 Å². The van der Waals surface area contributed by atoms with Crippen molar-refractivity contribution in [3.05, 3.63) is 24.3 Å². The van der Waals surface area contributed by atoms with E-state index in [1.165, 1.54) is 6.42 Å². The van der Waals surface area contributed by atoms with E-state index >= 15 is 0 Å². The standard InChI is InChI=1S/C10H10O/c11-9-4-3-8-6-1-2-7(5-6)10(8)9/h1-4,6-8,10H,5H2/t6-,7?,8-,10+/m0/s1. The highest BCUT2D eigenvalue weighted by molar-refractivity contribution is 5.95. The summed E-state index contributed by atoms with van der Waals surface area (Å²) in [6.45, 7) is 0. The van der Waals surface area contributed by atoms with Crippen LogP contribution >= 0.6 is 0 Å². The Bertz CT molecular complexity index is 275. The third-order valence-electron chi connectivity index (χ3n) is 3.33. The maximum Gasteiger partial charge on any atom is 0.159 e. The van der Waals surface area contributed by atoms with Crippen LogP contribution in [0.5, 0.6) is 0 Å². The molecule has 11 heavy (non-hydrogen) atoms. The highest BCUT2D eigenvalue weighted by atomic mass is 16.1. The van der Waals surface area contributed by atoms with Crippen molar-refractivity contribution in [2.45, 2.75) is 6.42 Å². The van der Waals surface area contributed by atoms with Gasteiger partial charge in [0.05, 0.1) is 0 Å². The van der Waals surface area contributed by atoms with Gasteiger partial charge in [-0.1, -0.05) is 18.2 Å². The lowest BCUT2D eigenvalue weighted by Gasteiger charge is -2.17. The van der Waals surface area contributed by atoms with Crippen LogP contribution in [0.4, 0.5) is 0 Å². The van der Waals surface area contributed by atoms with Gasteiger partial charge < -0.3 is 0 Å². The van der Waals surface area contributed by atoms with E-state index in [1.54, 1.807) is 6.08 Å². The second-order valence-corrected chi connectivity index (χ2v) is 3.81. The predicted molar refractivity (Wildman–Crippen MR) is 41.9 cm³/mol. The van der Waals surface area contributed by atoms with Gasteiger partial charge >= 0.3 is 0 Å². The molecule has 0 heterocycles.